The van der Waals surface area contributed by atoms with Gasteiger partial charge in [-0.05, 0) is 36.8 Å². The SMILES string of the molecule is CC(Nc1c(F)cccc1Cl)c1ccc(Cl)c(F)c1. The van der Waals surface area contributed by atoms with Gasteiger partial charge in [0.25, 0.3) is 0 Å². The molecule has 100 valence electrons. The second-order valence-electron chi connectivity index (χ2n) is 4.14. The highest BCUT2D eigenvalue weighted by atomic mass is 35.5. The molecule has 0 amide bonds. The summed E-state index contributed by atoms with van der Waals surface area (Å²) in [6, 6.07) is 8.57. The van der Waals surface area contributed by atoms with Gasteiger partial charge in [-0.1, -0.05) is 35.3 Å². The molecule has 0 heterocycles. The van der Waals surface area contributed by atoms with Crippen LogP contribution in [0.5, 0.6) is 0 Å². The van der Waals surface area contributed by atoms with E-state index in [2.05, 4.69) is 5.32 Å². The first kappa shape index (κ1) is 14.1. The third-order valence-corrected chi connectivity index (χ3v) is 3.39. The number of rotatable bonds is 3. The summed E-state index contributed by atoms with van der Waals surface area (Å²) in [5.41, 5.74) is 0.855. The minimum Gasteiger partial charge on any atom is -0.375 e. The summed E-state index contributed by atoms with van der Waals surface area (Å²) in [5, 5.41) is 3.26. The van der Waals surface area contributed by atoms with Crippen LogP contribution in [0.2, 0.25) is 10.0 Å². The predicted octanol–water partition coefficient (Wildman–Crippen LogP) is 5.44. The van der Waals surface area contributed by atoms with Gasteiger partial charge in [0.05, 0.1) is 15.7 Å². The number of halogens is 4. The molecule has 0 fully saturated rings. The van der Waals surface area contributed by atoms with E-state index < -0.39 is 11.6 Å². The minimum atomic E-state index is -0.507. The van der Waals surface area contributed by atoms with Crippen molar-refractivity contribution in [3.05, 3.63) is 63.6 Å². The van der Waals surface area contributed by atoms with Crippen molar-refractivity contribution in [3.63, 3.8) is 0 Å². The molecule has 1 unspecified atom stereocenters. The summed E-state index contributed by atoms with van der Waals surface area (Å²) >= 11 is 11.5. The van der Waals surface area contributed by atoms with Crippen molar-refractivity contribution in [2.24, 2.45) is 0 Å². The van der Waals surface area contributed by atoms with Crippen molar-refractivity contribution in [1.29, 1.82) is 0 Å². The average molecular weight is 302 g/mol. The van der Waals surface area contributed by atoms with Crippen LogP contribution in [0.3, 0.4) is 0 Å². The Kier molecular flexibility index (Phi) is 4.27. The summed E-state index contributed by atoms with van der Waals surface area (Å²) in [6.07, 6.45) is 0. The Morgan fingerprint density at radius 3 is 2.37 bits per heavy atom. The number of anilines is 1. The molecule has 0 bridgehead atoms. The lowest BCUT2D eigenvalue weighted by atomic mass is 10.1. The topological polar surface area (TPSA) is 12.0 Å². The molecule has 0 aliphatic rings. The molecule has 0 aromatic heterocycles. The van der Waals surface area contributed by atoms with Crippen LogP contribution in [0, 0.1) is 11.6 Å². The Hall–Kier alpha value is -1.32. The Morgan fingerprint density at radius 2 is 1.74 bits per heavy atom. The van der Waals surface area contributed by atoms with Crippen molar-refractivity contribution in [2.75, 3.05) is 5.32 Å². The van der Waals surface area contributed by atoms with Crippen LogP contribution in [-0.4, -0.2) is 0 Å². The maximum atomic E-state index is 13.6. The molecule has 0 spiro atoms. The number of para-hydroxylation sites is 1. The highest BCUT2D eigenvalue weighted by Gasteiger charge is 2.12. The smallest absolute Gasteiger partial charge is 0.147 e. The van der Waals surface area contributed by atoms with Crippen LogP contribution in [0.4, 0.5) is 14.5 Å². The minimum absolute atomic E-state index is 0.0554. The number of benzene rings is 2. The number of nitrogens with one attached hydrogen (secondary N) is 1. The van der Waals surface area contributed by atoms with Crippen molar-refractivity contribution in [1.82, 2.24) is 0 Å². The van der Waals surface area contributed by atoms with Crippen LogP contribution in [0.25, 0.3) is 0 Å². The van der Waals surface area contributed by atoms with E-state index in [-0.39, 0.29) is 21.8 Å². The van der Waals surface area contributed by atoms with Gasteiger partial charge in [-0.15, -0.1) is 0 Å². The van der Waals surface area contributed by atoms with E-state index in [0.29, 0.717) is 5.56 Å². The van der Waals surface area contributed by atoms with Gasteiger partial charge in [0, 0.05) is 6.04 Å². The van der Waals surface area contributed by atoms with Gasteiger partial charge in [0.15, 0.2) is 0 Å². The molecule has 2 rings (SSSR count). The van der Waals surface area contributed by atoms with E-state index in [4.69, 9.17) is 23.2 Å². The predicted molar refractivity (Wildman–Crippen MR) is 74.9 cm³/mol. The Balaban J connectivity index is 2.25. The molecular formula is C14H11Cl2F2N. The van der Waals surface area contributed by atoms with E-state index in [1.807, 2.05) is 0 Å². The van der Waals surface area contributed by atoms with Crippen LogP contribution in [0.15, 0.2) is 36.4 Å². The second kappa shape index (κ2) is 5.76. The summed E-state index contributed by atoms with van der Waals surface area (Å²) in [5.74, 6) is -0.957. The molecule has 1 N–H and O–H groups in total. The van der Waals surface area contributed by atoms with Crippen molar-refractivity contribution in [3.8, 4) is 0 Å². The van der Waals surface area contributed by atoms with E-state index in [1.165, 1.54) is 24.3 Å². The Morgan fingerprint density at radius 1 is 1.00 bits per heavy atom. The van der Waals surface area contributed by atoms with Crippen LogP contribution in [0.1, 0.15) is 18.5 Å². The zero-order valence-electron chi connectivity index (χ0n) is 10.1. The molecule has 5 heteroatoms. The molecule has 2 aromatic carbocycles. The monoisotopic (exact) mass is 301 g/mol. The van der Waals surface area contributed by atoms with Gasteiger partial charge >= 0.3 is 0 Å². The Labute approximate surface area is 120 Å². The molecule has 2 aromatic rings. The van der Waals surface area contributed by atoms with Crippen molar-refractivity contribution < 1.29 is 8.78 Å². The van der Waals surface area contributed by atoms with Crippen molar-refractivity contribution in [2.45, 2.75) is 13.0 Å². The molecule has 0 saturated heterocycles. The standard InChI is InChI=1S/C14H11Cl2F2N/c1-8(9-5-6-10(15)13(18)7-9)19-14-11(16)3-2-4-12(14)17/h2-8,19H,1H3. The van der Waals surface area contributed by atoms with Crippen LogP contribution < -0.4 is 5.32 Å². The lowest BCUT2D eigenvalue weighted by molar-refractivity contribution is 0.621. The first-order chi connectivity index (χ1) is 8.99. The largest absolute Gasteiger partial charge is 0.375 e. The lowest BCUT2D eigenvalue weighted by Crippen LogP contribution is -2.08. The van der Waals surface area contributed by atoms with Gasteiger partial charge in [-0.25, -0.2) is 8.78 Å². The summed E-state index contributed by atoms with van der Waals surface area (Å²) < 4.78 is 27.0. The fraction of sp³-hybridized carbons (Fsp3) is 0.143. The van der Waals surface area contributed by atoms with E-state index in [0.717, 1.165) is 0 Å². The van der Waals surface area contributed by atoms with E-state index in [9.17, 15) is 8.78 Å². The van der Waals surface area contributed by atoms with Crippen LogP contribution >= 0.6 is 23.2 Å². The summed E-state index contributed by atoms with van der Waals surface area (Å²) in [7, 11) is 0. The molecule has 1 atom stereocenters. The summed E-state index contributed by atoms with van der Waals surface area (Å²) in [4.78, 5) is 0. The molecule has 0 aliphatic heterocycles. The van der Waals surface area contributed by atoms with E-state index in [1.54, 1.807) is 19.1 Å². The zero-order chi connectivity index (χ0) is 14.0. The van der Waals surface area contributed by atoms with Gasteiger partial charge in [0.2, 0.25) is 0 Å². The van der Waals surface area contributed by atoms with Gasteiger partial charge in [-0.2, -0.15) is 0 Å². The van der Waals surface area contributed by atoms with Crippen LogP contribution in [-0.2, 0) is 0 Å². The first-order valence-electron chi connectivity index (χ1n) is 5.64. The van der Waals surface area contributed by atoms with Gasteiger partial charge in [0.1, 0.15) is 11.6 Å². The quantitative estimate of drug-likeness (QED) is 0.795. The third kappa shape index (κ3) is 3.17. The fourth-order valence-corrected chi connectivity index (χ4v) is 2.05. The maximum Gasteiger partial charge on any atom is 0.147 e. The van der Waals surface area contributed by atoms with Gasteiger partial charge in [-0.3, -0.25) is 0 Å². The normalized spacial score (nSPS) is 12.3. The molecule has 0 radical (unpaired) electrons. The Bertz CT molecular complexity index is 582. The molecule has 1 nitrogen and oxygen atoms in total. The summed E-state index contributed by atoms with van der Waals surface area (Å²) in [6.45, 7) is 1.78. The zero-order valence-corrected chi connectivity index (χ0v) is 11.6. The highest BCUT2D eigenvalue weighted by Crippen LogP contribution is 2.29. The van der Waals surface area contributed by atoms with Gasteiger partial charge < -0.3 is 5.32 Å². The first-order valence-corrected chi connectivity index (χ1v) is 6.40. The lowest BCUT2D eigenvalue weighted by Gasteiger charge is -2.17. The molecule has 0 saturated carbocycles. The number of hydrogen-bond acceptors (Lipinski definition) is 1. The third-order valence-electron chi connectivity index (χ3n) is 2.77. The maximum absolute atomic E-state index is 13.6. The fourth-order valence-electron chi connectivity index (χ4n) is 1.72. The molecule has 19 heavy (non-hydrogen) atoms. The average Bonchev–Trinajstić information content (AvgIpc) is 2.37. The second-order valence-corrected chi connectivity index (χ2v) is 4.95. The molecular weight excluding hydrogens is 291 g/mol. The number of hydrogen-bond donors (Lipinski definition) is 1. The molecule has 0 aliphatic carbocycles. The van der Waals surface area contributed by atoms with Crippen molar-refractivity contribution >= 4 is 28.9 Å². The van der Waals surface area contributed by atoms with E-state index >= 15 is 0 Å². The highest BCUT2D eigenvalue weighted by molar-refractivity contribution is 6.33.